The van der Waals surface area contributed by atoms with Gasteiger partial charge in [0.1, 0.15) is 0 Å². The van der Waals surface area contributed by atoms with Crippen LogP contribution in [0, 0.1) is 0 Å². The van der Waals surface area contributed by atoms with Gasteiger partial charge in [0.15, 0.2) is 16.9 Å². The molecule has 1 unspecified atom stereocenters. The number of fused-ring (bicyclic) bond motifs is 1. The van der Waals surface area contributed by atoms with Crippen molar-refractivity contribution in [2.75, 3.05) is 5.32 Å². The Bertz CT molecular complexity index is 851. The summed E-state index contributed by atoms with van der Waals surface area (Å²) in [7, 11) is 0. The molecule has 0 saturated heterocycles. The van der Waals surface area contributed by atoms with Crippen molar-refractivity contribution in [1.29, 1.82) is 0 Å². The van der Waals surface area contributed by atoms with Crippen molar-refractivity contribution in [2.24, 2.45) is 0 Å². The molecular formula is C15H12N4O3S. The van der Waals surface area contributed by atoms with E-state index in [-0.39, 0.29) is 5.69 Å². The summed E-state index contributed by atoms with van der Waals surface area (Å²) in [5.41, 5.74) is 1.32. The van der Waals surface area contributed by atoms with Crippen molar-refractivity contribution >= 4 is 39.4 Å². The normalized spacial score (nSPS) is 11.9. The Morgan fingerprint density at radius 2 is 2.00 bits per heavy atom. The van der Waals surface area contributed by atoms with Gasteiger partial charge >= 0.3 is 5.97 Å². The SMILES string of the molecule is CC(OC(=O)c1cnc2ccccc2n1)C(=O)Nc1nccs1. The van der Waals surface area contributed by atoms with E-state index in [0.717, 1.165) is 0 Å². The number of ether oxygens (including phenoxy) is 1. The molecule has 1 atom stereocenters. The van der Waals surface area contributed by atoms with E-state index in [2.05, 4.69) is 20.3 Å². The third-order valence-electron chi connectivity index (χ3n) is 2.97. The number of rotatable bonds is 4. The zero-order valence-electron chi connectivity index (χ0n) is 12.1. The highest BCUT2D eigenvalue weighted by Crippen LogP contribution is 2.12. The maximum atomic E-state index is 12.1. The Hall–Kier alpha value is -2.87. The van der Waals surface area contributed by atoms with Crippen molar-refractivity contribution in [1.82, 2.24) is 15.0 Å². The Morgan fingerprint density at radius 1 is 1.22 bits per heavy atom. The first-order valence-electron chi connectivity index (χ1n) is 6.76. The van der Waals surface area contributed by atoms with Crippen LogP contribution >= 0.6 is 11.3 Å². The Labute approximate surface area is 135 Å². The van der Waals surface area contributed by atoms with Crippen LogP contribution in [0.4, 0.5) is 5.13 Å². The summed E-state index contributed by atoms with van der Waals surface area (Å²) in [5, 5.41) is 4.74. The lowest BCUT2D eigenvalue weighted by Crippen LogP contribution is -2.30. The summed E-state index contributed by atoms with van der Waals surface area (Å²) in [4.78, 5) is 36.3. The molecule has 1 aromatic carbocycles. The summed E-state index contributed by atoms with van der Waals surface area (Å²) in [5.74, 6) is -1.16. The van der Waals surface area contributed by atoms with Crippen LogP contribution in [-0.2, 0) is 9.53 Å². The minimum Gasteiger partial charge on any atom is -0.448 e. The number of anilines is 1. The first-order chi connectivity index (χ1) is 11.1. The first-order valence-corrected chi connectivity index (χ1v) is 7.64. The molecular weight excluding hydrogens is 316 g/mol. The molecule has 3 aromatic rings. The third-order valence-corrected chi connectivity index (χ3v) is 3.66. The van der Waals surface area contributed by atoms with Gasteiger partial charge < -0.3 is 4.74 Å². The van der Waals surface area contributed by atoms with E-state index in [4.69, 9.17) is 4.74 Å². The number of esters is 1. The van der Waals surface area contributed by atoms with Gasteiger partial charge in [-0.05, 0) is 19.1 Å². The van der Waals surface area contributed by atoms with E-state index in [9.17, 15) is 9.59 Å². The minimum absolute atomic E-state index is 0.0533. The number of carbonyl (C=O) groups excluding carboxylic acids is 2. The molecule has 0 spiro atoms. The molecule has 23 heavy (non-hydrogen) atoms. The van der Waals surface area contributed by atoms with Gasteiger partial charge in [-0.15, -0.1) is 11.3 Å². The van der Waals surface area contributed by atoms with Gasteiger partial charge in [-0.1, -0.05) is 12.1 Å². The topological polar surface area (TPSA) is 94.1 Å². The molecule has 0 radical (unpaired) electrons. The smallest absolute Gasteiger partial charge is 0.359 e. The van der Waals surface area contributed by atoms with Crippen molar-refractivity contribution in [3.63, 3.8) is 0 Å². The van der Waals surface area contributed by atoms with Gasteiger partial charge in [0, 0.05) is 11.6 Å². The number of thiazole rings is 1. The number of amides is 1. The highest BCUT2D eigenvalue weighted by atomic mass is 32.1. The molecule has 0 saturated carbocycles. The molecule has 116 valence electrons. The number of hydrogen-bond acceptors (Lipinski definition) is 7. The molecule has 0 aliphatic rings. The molecule has 0 aliphatic carbocycles. The standard InChI is InChI=1S/C15H12N4O3S/c1-9(13(20)19-15-16-6-7-23-15)22-14(21)12-8-17-10-4-2-3-5-11(10)18-12/h2-9H,1H3,(H,16,19,20). The predicted molar refractivity (Wildman–Crippen MR) is 85.2 cm³/mol. The van der Waals surface area contributed by atoms with Crippen LogP contribution in [0.1, 0.15) is 17.4 Å². The Morgan fingerprint density at radius 3 is 2.74 bits per heavy atom. The number of carbonyl (C=O) groups is 2. The van der Waals surface area contributed by atoms with E-state index in [1.165, 1.54) is 24.5 Å². The second-order valence-electron chi connectivity index (χ2n) is 4.62. The molecule has 7 nitrogen and oxygen atoms in total. The summed E-state index contributed by atoms with van der Waals surface area (Å²) in [6.45, 7) is 1.48. The minimum atomic E-state index is -0.973. The van der Waals surface area contributed by atoms with Crippen LogP contribution in [0.15, 0.2) is 42.0 Å². The van der Waals surface area contributed by atoms with Gasteiger partial charge in [0.2, 0.25) is 0 Å². The van der Waals surface area contributed by atoms with Crippen LogP contribution in [0.25, 0.3) is 11.0 Å². The fourth-order valence-electron chi connectivity index (χ4n) is 1.82. The summed E-state index contributed by atoms with van der Waals surface area (Å²) >= 11 is 1.28. The van der Waals surface area contributed by atoms with E-state index in [1.54, 1.807) is 29.8 Å². The number of para-hydroxylation sites is 2. The predicted octanol–water partition coefficient (Wildman–Crippen LogP) is 2.27. The molecule has 0 fully saturated rings. The molecule has 0 bridgehead atoms. The molecule has 0 aliphatic heterocycles. The highest BCUT2D eigenvalue weighted by molar-refractivity contribution is 7.13. The van der Waals surface area contributed by atoms with Gasteiger partial charge in [0.25, 0.3) is 5.91 Å². The summed E-state index contributed by atoms with van der Waals surface area (Å²) < 4.78 is 5.12. The lowest BCUT2D eigenvalue weighted by Gasteiger charge is -2.12. The fraction of sp³-hybridized carbons (Fsp3) is 0.133. The van der Waals surface area contributed by atoms with Gasteiger partial charge in [-0.3, -0.25) is 15.1 Å². The van der Waals surface area contributed by atoms with Crippen LogP contribution in [0.5, 0.6) is 0 Å². The highest BCUT2D eigenvalue weighted by Gasteiger charge is 2.21. The average Bonchev–Trinajstić information content (AvgIpc) is 3.07. The molecule has 8 heteroatoms. The number of aromatic nitrogens is 3. The van der Waals surface area contributed by atoms with E-state index in [0.29, 0.717) is 16.2 Å². The first kappa shape index (κ1) is 15.0. The van der Waals surface area contributed by atoms with Crippen molar-refractivity contribution in [2.45, 2.75) is 13.0 Å². The van der Waals surface area contributed by atoms with Crippen LogP contribution in [-0.4, -0.2) is 32.9 Å². The zero-order chi connectivity index (χ0) is 16.2. The van der Waals surface area contributed by atoms with Crippen molar-refractivity contribution in [3.05, 3.63) is 47.7 Å². The quantitative estimate of drug-likeness (QED) is 0.738. The summed E-state index contributed by atoms with van der Waals surface area (Å²) in [6, 6.07) is 7.18. The Kier molecular flexibility index (Phi) is 4.24. The van der Waals surface area contributed by atoms with E-state index >= 15 is 0 Å². The second kappa shape index (κ2) is 6.49. The third kappa shape index (κ3) is 3.49. The van der Waals surface area contributed by atoms with Gasteiger partial charge in [0.05, 0.1) is 17.2 Å². The van der Waals surface area contributed by atoms with Crippen molar-refractivity contribution in [3.8, 4) is 0 Å². The Balaban J connectivity index is 1.68. The van der Waals surface area contributed by atoms with Crippen molar-refractivity contribution < 1.29 is 14.3 Å². The monoisotopic (exact) mass is 328 g/mol. The maximum absolute atomic E-state index is 12.1. The van der Waals surface area contributed by atoms with Gasteiger partial charge in [-0.2, -0.15) is 0 Å². The number of hydrogen-bond donors (Lipinski definition) is 1. The molecule has 1 N–H and O–H groups in total. The molecule has 3 rings (SSSR count). The zero-order valence-corrected chi connectivity index (χ0v) is 12.9. The second-order valence-corrected chi connectivity index (χ2v) is 5.51. The summed E-state index contributed by atoms with van der Waals surface area (Å²) in [6.07, 6.45) is 1.93. The fourth-order valence-corrected chi connectivity index (χ4v) is 2.35. The van der Waals surface area contributed by atoms with Crippen LogP contribution in [0.3, 0.4) is 0 Å². The van der Waals surface area contributed by atoms with E-state index < -0.39 is 18.0 Å². The molecule has 2 heterocycles. The van der Waals surface area contributed by atoms with Gasteiger partial charge in [-0.25, -0.2) is 14.8 Å². The average molecular weight is 328 g/mol. The molecule has 2 aromatic heterocycles. The lowest BCUT2D eigenvalue weighted by molar-refractivity contribution is -0.123. The lowest BCUT2D eigenvalue weighted by atomic mass is 10.3. The number of nitrogens with zero attached hydrogens (tertiary/aromatic N) is 3. The maximum Gasteiger partial charge on any atom is 0.359 e. The van der Waals surface area contributed by atoms with E-state index in [1.807, 2.05) is 6.07 Å². The van der Waals surface area contributed by atoms with Crippen LogP contribution in [0.2, 0.25) is 0 Å². The number of nitrogens with one attached hydrogen (secondary N) is 1. The van der Waals surface area contributed by atoms with Crippen LogP contribution < -0.4 is 5.32 Å². The largest absolute Gasteiger partial charge is 0.448 e. The number of benzene rings is 1. The molecule has 1 amide bonds.